The Labute approximate surface area is 184 Å². The first-order valence-corrected chi connectivity index (χ1v) is 10.0. The third kappa shape index (κ3) is 3.34. The molecule has 0 amide bonds. The van der Waals surface area contributed by atoms with Crippen LogP contribution in [0.4, 0.5) is 0 Å². The molecule has 2 heterocycles. The molecule has 2 aromatic heterocycles. The van der Waals surface area contributed by atoms with Crippen molar-refractivity contribution in [2.24, 2.45) is 7.05 Å². The minimum absolute atomic E-state index is 0. The van der Waals surface area contributed by atoms with Crippen LogP contribution in [0.2, 0.25) is 0 Å². The van der Waals surface area contributed by atoms with E-state index >= 15 is 0 Å². The number of pyridine rings is 1. The molecule has 0 radical (unpaired) electrons. The highest BCUT2D eigenvalue weighted by molar-refractivity contribution is 5.99. The standard InChI is InChI=1S/C23H23N3O4.ClH/c1-23(8-9-23)24-11-12-10-16-13-4-3-5-15-19(14(13)6-7-17(16)26(12)2)25-21(28)18(20(15)27)22(29)30;/h3-4,6-7,10,24H,5,8-9,11H2,1-2H3,(H,29,30)(H2,25,27,28);1H. The van der Waals surface area contributed by atoms with Crippen molar-refractivity contribution in [3.8, 4) is 17.0 Å². The number of nitrogens with one attached hydrogen (secondary N) is 2. The minimum Gasteiger partial charge on any atom is -0.506 e. The van der Waals surface area contributed by atoms with E-state index in [9.17, 15) is 19.8 Å². The van der Waals surface area contributed by atoms with Crippen molar-refractivity contribution in [3.63, 3.8) is 0 Å². The molecule has 8 heteroatoms. The van der Waals surface area contributed by atoms with Crippen LogP contribution in [-0.2, 0) is 20.0 Å². The first-order chi connectivity index (χ1) is 14.3. The fourth-order valence-electron chi connectivity index (χ4n) is 4.27. The number of aromatic amines is 1. The van der Waals surface area contributed by atoms with Crippen LogP contribution >= 0.6 is 12.4 Å². The highest BCUT2D eigenvalue weighted by Gasteiger charge is 2.36. The van der Waals surface area contributed by atoms with Gasteiger partial charge in [-0.2, -0.15) is 0 Å². The largest absolute Gasteiger partial charge is 0.506 e. The van der Waals surface area contributed by atoms with E-state index in [0.717, 1.165) is 28.6 Å². The Kier molecular flexibility index (Phi) is 4.98. The third-order valence-electron chi connectivity index (χ3n) is 6.44. The molecule has 2 aliphatic rings. The van der Waals surface area contributed by atoms with E-state index in [1.165, 1.54) is 18.5 Å². The molecule has 0 aliphatic heterocycles. The average Bonchev–Trinajstić information content (AvgIpc) is 3.38. The highest BCUT2D eigenvalue weighted by Crippen LogP contribution is 2.39. The molecule has 0 saturated heterocycles. The van der Waals surface area contributed by atoms with Crippen molar-refractivity contribution in [2.75, 3.05) is 0 Å². The van der Waals surface area contributed by atoms with Crippen molar-refractivity contribution in [3.05, 3.63) is 57.0 Å². The number of aromatic nitrogens is 2. The molecule has 31 heavy (non-hydrogen) atoms. The molecule has 5 rings (SSSR count). The highest BCUT2D eigenvalue weighted by atomic mass is 35.5. The van der Waals surface area contributed by atoms with E-state index < -0.39 is 22.8 Å². The van der Waals surface area contributed by atoms with E-state index in [4.69, 9.17) is 0 Å². The number of hydrogen-bond acceptors (Lipinski definition) is 4. The summed E-state index contributed by atoms with van der Waals surface area (Å²) in [6, 6.07) is 6.08. The van der Waals surface area contributed by atoms with Gasteiger partial charge in [-0.25, -0.2) is 4.79 Å². The molecule has 0 bridgehead atoms. The maximum Gasteiger partial charge on any atom is 0.345 e. The van der Waals surface area contributed by atoms with E-state index in [-0.39, 0.29) is 17.9 Å². The minimum atomic E-state index is -1.44. The summed E-state index contributed by atoms with van der Waals surface area (Å²) in [6.07, 6.45) is 6.59. The van der Waals surface area contributed by atoms with Crippen molar-refractivity contribution < 1.29 is 15.0 Å². The fourth-order valence-corrected chi connectivity index (χ4v) is 4.27. The van der Waals surface area contributed by atoms with Gasteiger partial charge in [0.25, 0.3) is 5.56 Å². The number of aromatic hydroxyl groups is 1. The van der Waals surface area contributed by atoms with Crippen LogP contribution in [0.15, 0.2) is 29.1 Å². The van der Waals surface area contributed by atoms with Crippen LogP contribution in [0.5, 0.6) is 5.75 Å². The summed E-state index contributed by atoms with van der Waals surface area (Å²) in [5, 5.41) is 24.5. The van der Waals surface area contributed by atoms with Crippen molar-refractivity contribution in [2.45, 2.75) is 38.3 Å². The van der Waals surface area contributed by atoms with Crippen LogP contribution in [0.3, 0.4) is 0 Å². The van der Waals surface area contributed by atoms with Crippen LogP contribution in [0.25, 0.3) is 28.2 Å². The molecule has 3 aromatic rings. The van der Waals surface area contributed by atoms with E-state index in [1.807, 2.05) is 31.3 Å². The zero-order chi connectivity index (χ0) is 21.2. The molecule has 7 nitrogen and oxygen atoms in total. The molecule has 2 aliphatic carbocycles. The first kappa shape index (κ1) is 21.2. The van der Waals surface area contributed by atoms with E-state index in [2.05, 4.69) is 27.9 Å². The Morgan fingerprint density at radius 3 is 2.74 bits per heavy atom. The SMILES string of the molecule is Cl.Cn1c(CNC2(C)CC2)cc2c3c(ccc21)-c1[nH]c(=O)c(C(=O)O)c(O)c1CC=C3. The van der Waals surface area contributed by atoms with Gasteiger partial charge in [-0.15, -0.1) is 12.4 Å². The topological polar surface area (TPSA) is 107 Å². The van der Waals surface area contributed by atoms with E-state index in [1.54, 1.807) is 0 Å². The zero-order valence-electron chi connectivity index (χ0n) is 17.3. The van der Waals surface area contributed by atoms with Gasteiger partial charge in [-0.1, -0.05) is 18.2 Å². The number of halogens is 1. The third-order valence-corrected chi connectivity index (χ3v) is 6.44. The van der Waals surface area contributed by atoms with Gasteiger partial charge in [0.05, 0.1) is 5.69 Å². The predicted octanol–water partition coefficient (Wildman–Crippen LogP) is 3.57. The van der Waals surface area contributed by atoms with Crippen molar-refractivity contribution >= 4 is 35.4 Å². The van der Waals surface area contributed by atoms with Crippen LogP contribution < -0.4 is 10.9 Å². The number of carboxylic acid groups (broad SMARTS) is 1. The van der Waals surface area contributed by atoms with Gasteiger partial charge in [0.15, 0.2) is 5.56 Å². The summed E-state index contributed by atoms with van der Waals surface area (Å²) in [6.45, 7) is 3.01. The molecule has 1 aromatic carbocycles. The molecule has 0 atom stereocenters. The zero-order valence-corrected chi connectivity index (χ0v) is 18.1. The van der Waals surface area contributed by atoms with Crippen molar-refractivity contribution in [1.29, 1.82) is 0 Å². The summed E-state index contributed by atoms with van der Waals surface area (Å²) in [5.41, 5.74) is 3.68. The van der Waals surface area contributed by atoms with Gasteiger partial charge < -0.3 is 25.1 Å². The number of rotatable bonds is 4. The molecule has 1 saturated carbocycles. The van der Waals surface area contributed by atoms with Gasteiger partial charge in [-0.3, -0.25) is 4.79 Å². The first-order valence-electron chi connectivity index (χ1n) is 10.0. The summed E-state index contributed by atoms with van der Waals surface area (Å²) in [5.74, 6) is -1.90. The average molecular weight is 442 g/mol. The second-order valence-electron chi connectivity index (χ2n) is 8.51. The Bertz CT molecular complexity index is 1310. The maximum atomic E-state index is 12.4. The second kappa shape index (κ2) is 7.28. The van der Waals surface area contributed by atoms with E-state index in [0.29, 0.717) is 17.7 Å². The monoisotopic (exact) mass is 441 g/mol. The normalized spacial score (nSPS) is 15.7. The molecular formula is C23H24ClN3O4. The number of aryl methyl sites for hydroxylation is 1. The van der Waals surface area contributed by atoms with Crippen LogP contribution in [0, 0.1) is 0 Å². The molecular weight excluding hydrogens is 418 g/mol. The lowest BCUT2D eigenvalue weighted by molar-refractivity contribution is 0.0691. The number of aromatic carboxylic acids is 1. The summed E-state index contributed by atoms with van der Waals surface area (Å²) in [7, 11) is 2.04. The number of benzene rings is 1. The van der Waals surface area contributed by atoms with Crippen LogP contribution in [-0.4, -0.2) is 31.3 Å². The van der Waals surface area contributed by atoms with Gasteiger partial charge in [0, 0.05) is 46.9 Å². The van der Waals surface area contributed by atoms with Gasteiger partial charge >= 0.3 is 5.97 Å². The smallest absolute Gasteiger partial charge is 0.345 e. The molecule has 0 spiro atoms. The number of fused-ring (bicyclic) bond motifs is 5. The summed E-state index contributed by atoms with van der Waals surface area (Å²) >= 11 is 0. The fraction of sp³-hybridized carbons (Fsp3) is 0.304. The number of carbonyl (C=O) groups is 1. The Balaban J connectivity index is 0.00000231. The number of nitrogens with zero attached hydrogens (tertiary/aromatic N) is 1. The molecule has 4 N–H and O–H groups in total. The predicted molar refractivity (Wildman–Crippen MR) is 122 cm³/mol. The second-order valence-corrected chi connectivity index (χ2v) is 8.51. The van der Waals surface area contributed by atoms with Gasteiger partial charge in [0.2, 0.25) is 0 Å². The lowest BCUT2D eigenvalue weighted by Crippen LogP contribution is -2.27. The van der Waals surface area contributed by atoms with Gasteiger partial charge in [-0.05, 0) is 43.9 Å². The molecule has 1 fully saturated rings. The summed E-state index contributed by atoms with van der Waals surface area (Å²) in [4.78, 5) is 26.5. The lowest BCUT2D eigenvalue weighted by atomic mass is 9.97. The Morgan fingerprint density at radius 1 is 1.32 bits per heavy atom. The van der Waals surface area contributed by atoms with Crippen molar-refractivity contribution in [1.82, 2.24) is 14.9 Å². The Hall–Kier alpha value is -3.03. The quantitative estimate of drug-likeness (QED) is 0.495. The molecule has 162 valence electrons. The lowest BCUT2D eigenvalue weighted by Gasteiger charge is -2.13. The number of allylic oxidation sites excluding steroid dienone is 1. The van der Waals surface area contributed by atoms with Gasteiger partial charge in [0.1, 0.15) is 5.75 Å². The number of H-pyrrole nitrogens is 1. The Morgan fingerprint density at radius 2 is 2.06 bits per heavy atom. The number of hydrogen-bond donors (Lipinski definition) is 4. The maximum absolute atomic E-state index is 12.4. The molecule has 0 unspecified atom stereocenters. The van der Waals surface area contributed by atoms with Crippen LogP contribution in [0.1, 0.15) is 46.9 Å². The number of carboxylic acids is 1. The summed E-state index contributed by atoms with van der Waals surface area (Å²) < 4.78 is 2.17.